The molecule has 0 aromatic carbocycles. The predicted octanol–water partition coefficient (Wildman–Crippen LogP) is 4.64. The van der Waals surface area contributed by atoms with Gasteiger partial charge in [0.2, 0.25) is 0 Å². The van der Waals surface area contributed by atoms with Crippen LogP contribution in [0.4, 0.5) is 0 Å². The molecular formula is C13H28OSi. The van der Waals surface area contributed by atoms with Crippen molar-refractivity contribution >= 4 is 13.9 Å². The molecule has 0 aliphatic heterocycles. The van der Waals surface area contributed by atoms with Crippen LogP contribution in [0.2, 0.25) is 25.7 Å². The molecule has 0 saturated heterocycles. The summed E-state index contributed by atoms with van der Waals surface area (Å²) >= 11 is 0. The highest BCUT2D eigenvalue weighted by Gasteiger charge is 2.17. The molecular weight excluding hydrogens is 200 g/mol. The molecule has 0 heterocycles. The molecule has 0 amide bonds. The summed E-state index contributed by atoms with van der Waals surface area (Å²) in [7, 11) is -1.15. The second-order valence-corrected chi connectivity index (χ2v) is 11.3. The van der Waals surface area contributed by atoms with Gasteiger partial charge in [0.25, 0.3) is 0 Å². The Bertz CT molecular complexity index is 170. The van der Waals surface area contributed by atoms with Crippen molar-refractivity contribution in [1.29, 1.82) is 0 Å². The number of carbonyl (C=O) groups is 1. The van der Waals surface area contributed by atoms with Gasteiger partial charge in [0.1, 0.15) is 5.78 Å². The smallest absolute Gasteiger partial charge is 0.130 e. The zero-order valence-electron chi connectivity index (χ0n) is 11.1. The van der Waals surface area contributed by atoms with Gasteiger partial charge in [-0.2, -0.15) is 0 Å². The van der Waals surface area contributed by atoms with Gasteiger partial charge in [-0.3, -0.25) is 0 Å². The van der Waals surface area contributed by atoms with Crippen molar-refractivity contribution in [2.24, 2.45) is 0 Å². The van der Waals surface area contributed by atoms with Crippen molar-refractivity contribution in [3.05, 3.63) is 0 Å². The lowest BCUT2D eigenvalue weighted by atomic mass is 10.1. The zero-order valence-corrected chi connectivity index (χ0v) is 12.1. The van der Waals surface area contributed by atoms with Crippen LogP contribution in [0.25, 0.3) is 0 Å². The van der Waals surface area contributed by atoms with E-state index < -0.39 is 8.07 Å². The summed E-state index contributed by atoms with van der Waals surface area (Å²) in [5, 5.41) is 0. The topological polar surface area (TPSA) is 17.1 Å². The van der Waals surface area contributed by atoms with Crippen molar-refractivity contribution < 1.29 is 4.79 Å². The number of Topliss-reactive ketones (excluding diaryl/α,β-unsaturated/α-hetero) is 1. The van der Waals surface area contributed by atoms with Gasteiger partial charge in [0.05, 0.1) is 8.07 Å². The van der Waals surface area contributed by atoms with Crippen LogP contribution < -0.4 is 0 Å². The minimum absolute atomic E-state index is 0.504. The van der Waals surface area contributed by atoms with E-state index in [0.29, 0.717) is 5.78 Å². The minimum Gasteiger partial charge on any atom is -0.300 e. The molecule has 0 atom stereocenters. The lowest BCUT2D eigenvalue weighted by Gasteiger charge is -2.13. The maximum absolute atomic E-state index is 11.6. The Hall–Kier alpha value is -0.113. The molecule has 0 bridgehead atoms. The third-order valence-corrected chi connectivity index (χ3v) is 3.99. The Labute approximate surface area is 96.7 Å². The third kappa shape index (κ3) is 11.8. The highest BCUT2D eigenvalue weighted by molar-refractivity contribution is 6.78. The molecule has 0 aromatic heterocycles. The lowest BCUT2D eigenvalue weighted by molar-refractivity contribution is -0.117. The van der Waals surface area contributed by atoms with Crippen LogP contribution in [0.15, 0.2) is 0 Å². The second kappa shape index (κ2) is 8.09. The molecule has 0 rings (SSSR count). The number of carbonyl (C=O) groups excluding carboxylic acids is 1. The van der Waals surface area contributed by atoms with Crippen LogP contribution in [-0.4, -0.2) is 13.9 Å². The summed E-state index contributed by atoms with van der Waals surface area (Å²) in [6.07, 6.45) is 8.51. The fraction of sp³-hybridized carbons (Fsp3) is 0.923. The van der Waals surface area contributed by atoms with E-state index in [9.17, 15) is 4.79 Å². The molecule has 0 aliphatic rings. The van der Waals surface area contributed by atoms with E-state index in [4.69, 9.17) is 0 Å². The van der Waals surface area contributed by atoms with E-state index in [-0.39, 0.29) is 0 Å². The number of unbranched alkanes of at least 4 members (excludes halogenated alkanes) is 5. The van der Waals surface area contributed by atoms with Gasteiger partial charge in [-0.1, -0.05) is 58.7 Å². The summed E-state index contributed by atoms with van der Waals surface area (Å²) in [4.78, 5) is 11.6. The van der Waals surface area contributed by atoms with Crippen molar-refractivity contribution in [2.45, 2.75) is 77.6 Å². The molecule has 90 valence electrons. The summed E-state index contributed by atoms with van der Waals surface area (Å²) in [6, 6.07) is 0.877. The normalized spacial score (nSPS) is 11.7. The number of hydrogen-bond donors (Lipinski definition) is 0. The van der Waals surface area contributed by atoms with E-state index >= 15 is 0 Å². The average molecular weight is 228 g/mol. The molecule has 0 aliphatic carbocycles. The zero-order chi connectivity index (χ0) is 11.7. The van der Waals surface area contributed by atoms with Gasteiger partial charge in [-0.05, 0) is 6.42 Å². The van der Waals surface area contributed by atoms with Crippen molar-refractivity contribution in [3.8, 4) is 0 Å². The van der Waals surface area contributed by atoms with E-state index in [0.717, 1.165) is 18.9 Å². The first-order chi connectivity index (χ1) is 6.95. The second-order valence-electron chi connectivity index (χ2n) is 5.79. The highest BCUT2D eigenvalue weighted by Crippen LogP contribution is 2.13. The Balaban J connectivity index is 3.32. The van der Waals surface area contributed by atoms with E-state index in [1.165, 1.54) is 32.1 Å². The van der Waals surface area contributed by atoms with Gasteiger partial charge in [0.15, 0.2) is 0 Å². The average Bonchev–Trinajstić information content (AvgIpc) is 2.08. The largest absolute Gasteiger partial charge is 0.300 e. The van der Waals surface area contributed by atoms with Gasteiger partial charge < -0.3 is 4.79 Å². The van der Waals surface area contributed by atoms with E-state index in [1.807, 2.05) is 0 Å². The van der Waals surface area contributed by atoms with Crippen LogP contribution in [-0.2, 0) is 4.79 Å². The van der Waals surface area contributed by atoms with Crippen LogP contribution in [0, 0.1) is 0 Å². The quantitative estimate of drug-likeness (QED) is 0.415. The SMILES string of the molecule is CCCCCCCCC(=O)C[Si](C)(C)C. The van der Waals surface area contributed by atoms with Gasteiger partial charge >= 0.3 is 0 Å². The van der Waals surface area contributed by atoms with Crippen molar-refractivity contribution in [3.63, 3.8) is 0 Å². The Morgan fingerprint density at radius 1 is 0.933 bits per heavy atom. The number of ketones is 1. The summed E-state index contributed by atoms with van der Waals surface area (Å²) in [6.45, 7) is 9.04. The molecule has 2 heteroatoms. The van der Waals surface area contributed by atoms with Gasteiger partial charge in [0, 0.05) is 12.5 Å². The molecule has 0 spiro atoms. The van der Waals surface area contributed by atoms with Crippen LogP contribution in [0.3, 0.4) is 0 Å². The Morgan fingerprint density at radius 3 is 2.00 bits per heavy atom. The van der Waals surface area contributed by atoms with Gasteiger partial charge in [-0.15, -0.1) is 0 Å². The number of hydrogen-bond acceptors (Lipinski definition) is 1. The molecule has 0 saturated carbocycles. The van der Waals surface area contributed by atoms with Crippen LogP contribution in [0.5, 0.6) is 0 Å². The molecule has 0 N–H and O–H groups in total. The van der Waals surface area contributed by atoms with E-state index in [1.54, 1.807) is 0 Å². The maximum Gasteiger partial charge on any atom is 0.130 e. The van der Waals surface area contributed by atoms with Crippen molar-refractivity contribution in [2.75, 3.05) is 0 Å². The standard InChI is InChI=1S/C13H28OSi/c1-5-6-7-8-9-10-11-13(14)12-15(2,3)4/h5-12H2,1-4H3. The Kier molecular flexibility index (Phi) is 8.03. The summed E-state index contributed by atoms with van der Waals surface area (Å²) < 4.78 is 0. The predicted molar refractivity (Wildman–Crippen MR) is 71.2 cm³/mol. The molecule has 0 radical (unpaired) electrons. The molecule has 15 heavy (non-hydrogen) atoms. The fourth-order valence-electron chi connectivity index (χ4n) is 1.78. The van der Waals surface area contributed by atoms with Crippen LogP contribution >= 0.6 is 0 Å². The van der Waals surface area contributed by atoms with E-state index in [2.05, 4.69) is 26.6 Å². The molecule has 0 unspecified atom stereocenters. The lowest BCUT2D eigenvalue weighted by Crippen LogP contribution is -2.23. The first kappa shape index (κ1) is 14.9. The molecule has 0 aromatic rings. The third-order valence-electron chi connectivity index (χ3n) is 2.54. The number of rotatable bonds is 9. The molecule has 0 fully saturated rings. The maximum atomic E-state index is 11.6. The Morgan fingerprint density at radius 2 is 1.47 bits per heavy atom. The molecule has 1 nitrogen and oxygen atoms in total. The minimum atomic E-state index is -1.15. The van der Waals surface area contributed by atoms with Gasteiger partial charge in [-0.25, -0.2) is 0 Å². The van der Waals surface area contributed by atoms with Crippen molar-refractivity contribution in [1.82, 2.24) is 0 Å². The summed E-state index contributed by atoms with van der Waals surface area (Å²) in [5.41, 5.74) is 0. The monoisotopic (exact) mass is 228 g/mol. The van der Waals surface area contributed by atoms with Crippen LogP contribution in [0.1, 0.15) is 51.9 Å². The first-order valence-corrected chi connectivity index (χ1v) is 10.2. The first-order valence-electron chi connectivity index (χ1n) is 6.47. The highest BCUT2D eigenvalue weighted by atomic mass is 28.3. The fourth-order valence-corrected chi connectivity index (χ4v) is 3.14. The summed E-state index contributed by atoms with van der Waals surface area (Å²) in [5.74, 6) is 0.504.